The second kappa shape index (κ2) is 7.58. The van der Waals surface area contributed by atoms with E-state index in [1.165, 1.54) is 34.1 Å². The fourth-order valence-electron chi connectivity index (χ4n) is 3.30. The highest BCUT2D eigenvalue weighted by molar-refractivity contribution is 7.99. The molecule has 4 aromatic rings. The molecule has 0 aliphatic carbocycles. The van der Waals surface area contributed by atoms with Gasteiger partial charge in [-0.3, -0.25) is 9.69 Å². The second-order valence-corrected chi connectivity index (χ2v) is 8.79. The van der Waals surface area contributed by atoms with Crippen LogP contribution in [-0.2, 0) is 11.0 Å². The van der Waals surface area contributed by atoms with Crippen LogP contribution in [0.1, 0.15) is 5.56 Å². The molecule has 0 spiro atoms. The number of carbonyl (C=O) groups excluding carboxylic acids is 1. The van der Waals surface area contributed by atoms with E-state index in [4.69, 9.17) is 4.74 Å². The van der Waals surface area contributed by atoms with Crippen LogP contribution in [0, 0.1) is 0 Å². The molecule has 1 aromatic heterocycles. The van der Waals surface area contributed by atoms with Gasteiger partial charge in [0.05, 0.1) is 27.2 Å². The number of hydrogen-bond acceptors (Lipinski definition) is 5. The quantitative estimate of drug-likeness (QED) is 0.350. The number of anilines is 2. The molecule has 0 bridgehead atoms. The van der Waals surface area contributed by atoms with Gasteiger partial charge in [0.25, 0.3) is 11.1 Å². The second-order valence-electron chi connectivity index (χ2n) is 6.72. The molecule has 0 fully saturated rings. The highest BCUT2D eigenvalue weighted by atomic mass is 32.2. The first-order valence-corrected chi connectivity index (χ1v) is 10.8. The van der Waals surface area contributed by atoms with E-state index in [2.05, 4.69) is 4.98 Å². The maximum absolute atomic E-state index is 13.3. The Bertz CT molecular complexity index is 1270. The molecule has 5 rings (SSSR count). The fraction of sp³-hybridized carbons (Fsp3) is 0.0909. The zero-order chi connectivity index (χ0) is 21.6. The lowest BCUT2D eigenvalue weighted by atomic mass is 10.1. The molecule has 0 saturated carbocycles. The molecular weight excluding hydrogens is 445 g/mol. The van der Waals surface area contributed by atoms with Crippen molar-refractivity contribution in [2.75, 3.05) is 11.5 Å². The van der Waals surface area contributed by atoms with Gasteiger partial charge in [-0.25, -0.2) is 4.98 Å². The minimum absolute atomic E-state index is 0.191. The van der Waals surface area contributed by atoms with E-state index in [-0.39, 0.29) is 12.3 Å². The molecule has 4 nitrogen and oxygen atoms in total. The number of rotatable bonds is 3. The summed E-state index contributed by atoms with van der Waals surface area (Å²) in [4.78, 5) is 20.1. The molecule has 0 atom stereocenters. The molecular formula is C22H13F3N2O2S2. The highest BCUT2D eigenvalue weighted by Crippen LogP contribution is 2.49. The third kappa shape index (κ3) is 3.75. The normalized spacial score (nSPS) is 13.1. The Labute approximate surface area is 183 Å². The van der Waals surface area contributed by atoms with E-state index >= 15 is 0 Å². The number of ether oxygens (including phenoxy) is 1. The van der Waals surface area contributed by atoms with Gasteiger partial charge in [0.2, 0.25) is 0 Å². The number of thiazole rings is 1. The third-order valence-corrected chi connectivity index (χ3v) is 6.78. The van der Waals surface area contributed by atoms with Crippen LogP contribution < -0.4 is 9.64 Å². The third-order valence-electron chi connectivity index (χ3n) is 4.70. The molecule has 0 N–H and O–H groups in total. The summed E-state index contributed by atoms with van der Waals surface area (Å²) < 4.78 is 46.5. The molecule has 1 aliphatic heterocycles. The summed E-state index contributed by atoms with van der Waals surface area (Å²) in [5.74, 6) is -0.479. The van der Waals surface area contributed by atoms with Crippen LogP contribution >= 0.6 is 23.1 Å². The van der Waals surface area contributed by atoms with Crippen LogP contribution in [0.2, 0.25) is 0 Å². The lowest BCUT2D eigenvalue weighted by Gasteiger charge is -2.31. The minimum atomic E-state index is -4.51. The van der Waals surface area contributed by atoms with E-state index in [1.54, 1.807) is 12.1 Å². The van der Waals surface area contributed by atoms with E-state index < -0.39 is 17.6 Å². The molecule has 0 unspecified atom stereocenters. The summed E-state index contributed by atoms with van der Waals surface area (Å²) >= 11 is 2.63. The molecule has 9 heteroatoms. The predicted octanol–water partition coefficient (Wildman–Crippen LogP) is 6.52. The number of nitrogens with zero attached hydrogens (tertiary/aromatic N) is 2. The van der Waals surface area contributed by atoms with Gasteiger partial charge in [0.1, 0.15) is 0 Å². The molecule has 156 valence electrons. The van der Waals surface area contributed by atoms with Gasteiger partial charge in [-0.1, -0.05) is 47.4 Å². The van der Waals surface area contributed by atoms with Crippen molar-refractivity contribution in [2.45, 2.75) is 16.0 Å². The SMILES string of the molecule is O=C(COc1nc2ccccc2s1)N1c2ccccc2Sc2ccc(C(F)(F)F)cc21. The van der Waals surface area contributed by atoms with Crippen molar-refractivity contribution < 1.29 is 22.7 Å². The number of aromatic nitrogens is 1. The number of hydrogen-bond donors (Lipinski definition) is 0. The minimum Gasteiger partial charge on any atom is -0.460 e. The van der Waals surface area contributed by atoms with Gasteiger partial charge in [0.15, 0.2) is 6.61 Å². The lowest BCUT2D eigenvalue weighted by molar-refractivity contribution is -0.137. The number of fused-ring (bicyclic) bond motifs is 3. The average molecular weight is 458 g/mol. The van der Waals surface area contributed by atoms with Gasteiger partial charge in [0, 0.05) is 9.79 Å². The zero-order valence-corrected chi connectivity index (χ0v) is 17.4. The monoisotopic (exact) mass is 458 g/mol. The first-order valence-electron chi connectivity index (χ1n) is 9.19. The van der Waals surface area contributed by atoms with Crippen molar-refractivity contribution in [3.63, 3.8) is 0 Å². The Kier molecular flexibility index (Phi) is 4.86. The Morgan fingerprint density at radius 3 is 2.52 bits per heavy atom. The molecule has 1 amide bonds. The van der Waals surface area contributed by atoms with Crippen LogP contribution in [0.4, 0.5) is 24.5 Å². The first kappa shape index (κ1) is 19.9. The predicted molar refractivity (Wildman–Crippen MR) is 114 cm³/mol. The Morgan fingerprint density at radius 2 is 1.71 bits per heavy atom. The van der Waals surface area contributed by atoms with E-state index in [1.807, 2.05) is 36.4 Å². The van der Waals surface area contributed by atoms with Crippen LogP contribution in [0.25, 0.3) is 10.2 Å². The van der Waals surface area contributed by atoms with Crippen molar-refractivity contribution in [3.05, 3.63) is 72.3 Å². The van der Waals surface area contributed by atoms with Crippen LogP contribution in [0.15, 0.2) is 76.5 Å². The lowest BCUT2D eigenvalue weighted by Crippen LogP contribution is -2.33. The Morgan fingerprint density at radius 1 is 0.968 bits per heavy atom. The number of amides is 1. The molecule has 31 heavy (non-hydrogen) atoms. The average Bonchev–Trinajstić information content (AvgIpc) is 3.18. The largest absolute Gasteiger partial charge is 0.460 e. The van der Waals surface area contributed by atoms with Crippen molar-refractivity contribution >= 4 is 50.6 Å². The van der Waals surface area contributed by atoms with E-state index in [9.17, 15) is 18.0 Å². The zero-order valence-electron chi connectivity index (χ0n) is 15.7. The van der Waals surface area contributed by atoms with Crippen molar-refractivity contribution in [1.29, 1.82) is 0 Å². The summed E-state index contributed by atoms with van der Waals surface area (Å²) in [5, 5.41) is 0.332. The summed E-state index contributed by atoms with van der Waals surface area (Å²) in [5.41, 5.74) is 0.666. The van der Waals surface area contributed by atoms with Gasteiger partial charge in [-0.2, -0.15) is 13.2 Å². The van der Waals surface area contributed by atoms with Crippen molar-refractivity contribution in [1.82, 2.24) is 4.98 Å². The summed E-state index contributed by atoms with van der Waals surface area (Å²) in [6.07, 6.45) is -4.51. The van der Waals surface area contributed by atoms with Gasteiger partial charge < -0.3 is 4.74 Å². The van der Waals surface area contributed by atoms with Crippen molar-refractivity contribution in [3.8, 4) is 5.19 Å². The van der Waals surface area contributed by atoms with Gasteiger partial charge in [-0.05, 0) is 42.5 Å². The first-order chi connectivity index (χ1) is 14.9. The molecule has 1 aliphatic rings. The maximum atomic E-state index is 13.3. The number of alkyl halides is 3. The van der Waals surface area contributed by atoms with Gasteiger partial charge >= 0.3 is 6.18 Å². The topological polar surface area (TPSA) is 42.4 Å². The van der Waals surface area contributed by atoms with Crippen LogP contribution in [0.5, 0.6) is 5.19 Å². The summed E-state index contributed by atoms with van der Waals surface area (Å²) in [7, 11) is 0. The Hall–Kier alpha value is -3.04. The molecule has 0 radical (unpaired) electrons. The molecule has 0 saturated heterocycles. The maximum Gasteiger partial charge on any atom is 0.416 e. The van der Waals surface area contributed by atoms with Crippen LogP contribution in [-0.4, -0.2) is 17.5 Å². The Balaban J connectivity index is 1.48. The number of benzene rings is 3. The number of halogens is 3. The summed E-state index contributed by atoms with van der Waals surface area (Å²) in [6.45, 7) is -0.353. The van der Waals surface area contributed by atoms with Crippen LogP contribution in [0.3, 0.4) is 0 Å². The number of carbonyl (C=O) groups is 1. The molecule has 3 aromatic carbocycles. The van der Waals surface area contributed by atoms with Crippen molar-refractivity contribution in [2.24, 2.45) is 0 Å². The smallest absolute Gasteiger partial charge is 0.416 e. The van der Waals surface area contributed by atoms with E-state index in [0.29, 0.717) is 15.8 Å². The highest BCUT2D eigenvalue weighted by Gasteiger charge is 2.35. The van der Waals surface area contributed by atoms with Gasteiger partial charge in [-0.15, -0.1) is 0 Å². The fourth-order valence-corrected chi connectivity index (χ4v) is 5.15. The van der Waals surface area contributed by atoms with E-state index in [0.717, 1.165) is 27.2 Å². The molecule has 2 heterocycles. The summed E-state index contributed by atoms with van der Waals surface area (Å²) in [6, 6.07) is 18.0. The number of para-hydroxylation sites is 2. The standard InChI is InChI=1S/C22H13F3N2O2S2/c23-22(24,25)13-9-10-19-16(11-13)27(15-6-2-4-8-18(15)30-19)20(28)12-29-21-26-14-5-1-3-7-17(14)31-21/h1-11H,12H2.